The van der Waals surface area contributed by atoms with E-state index in [0.29, 0.717) is 72.4 Å². The quantitative estimate of drug-likeness (QED) is 0.163. The van der Waals surface area contributed by atoms with Gasteiger partial charge in [0.2, 0.25) is 0 Å². The Balaban J connectivity index is 0.000000556. The van der Waals surface area contributed by atoms with Gasteiger partial charge in [0.25, 0.3) is 0 Å². The fraction of sp³-hybridized carbons (Fsp3) is 1.00. The first-order chi connectivity index (χ1) is 46.1. The Bertz CT molecular complexity index is 1430. The molecule has 0 aromatic heterocycles. The summed E-state index contributed by atoms with van der Waals surface area (Å²) in [6.45, 7) is 84.8. The third-order valence-corrected chi connectivity index (χ3v) is 24.3. The SMILES string of the molecule is CC(C)(C)C1CCCCC1.CC(C)(C)C1CCCCC1.CC(C)(C)C1CCCCN1.CC(C)(C)C1CCCCO1.CC(C)(C)C1CCCCO1.CC(C)(C)C1CCCNC1.CC(C)(C)C1CCCOC1.CC(C)(C)C1CCNCC1.CC(C)(C)C1CCOCC1.CC(C)(C)C1CNCCN1. The summed E-state index contributed by atoms with van der Waals surface area (Å²) in [4.78, 5) is 0. The molecule has 6 atom stereocenters. The van der Waals surface area contributed by atoms with Gasteiger partial charge in [-0.1, -0.05) is 253 Å². The topological polar surface area (TPSA) is 97.1 Å². The molecule has 8 aliphatic heterocycles. The van der Waals surface area contributed by atoms with Crippen LogP contribution < -0.4 is 26.6 Å². The number of piperazine rings is 1. The van der Waals surface area contributed by atoms with Crippen molar-refractivity contribution in [3.05, 3.63) is 0 Å². The lowest BCUT2D eigenvalue weighted by Gasteiger charge is -2.35. The van der Waals surface area contributed by atoms with E-state index in [1.807, 2.05) is 0 Å². The van der Waals surface area contributed by atoms with E-state index in [1.54, 1.807) is 0 Å². The van der Waals surface area contributed by atoms with Crippen molar-refractivity contribution in [3.8, 4) is 0 Å². The van der Waals surface area contributed by atoms with Crippen LogP contribution in [0.3, 0.4) is 0 Å². The molecule has 9 nitrogen and oxygen atoms in total. The maximum atomic E-state index is 5.64. The fourth-order valence-electron chi connectivity index (χ4n) is 15.9. The highest BCUT2D eigenvalue weighted by Gasteiger charge is 2.33. The zero-order valence-corrected chi connectivity index (χ0v) is 73.9. The number of rotatable bonds is 0. The summed E-state index contributed by atoms with van der Waals surface area (Å²) in [7, 11) is 0. The molecule has 9 heteroatoms. The molecule has 0 aromatic rings. The molecule has 10 aliphatic rings. The maximum Gasteiger partial charge on any atom is 0.0623 e. The van der Waals surface area contributed by atoms with Gasteiger partial charge in [-0.2, -0.15) is 0 Å². The maximum absolute atomic E-state index is 5.64. The Morgan fingerprint density at radius 3 is 0.820 bits per heavy atom. The molecular weight excluding hydrogens is 1230 g/mol. The summed E-state index contributed by atoms with van der Waals surface area (Å²) in [5, 5.41) is 17.3. The van der Waals surface area contributed by atoms with Gasteiger partial charge >= 0.3 is 0 Å². The molecule has 0 aromatic carbocycles. The zero-order valence-electron chi connectivity index (χ0n) is 73.9. The van der Waals surface area contributed by atoms with Gasteiger partial charge in [-0.25, -0.2) is 0 Å². The largest absolute Gasteiger partial charge is 0.381 e. The van der Waals surface area contributed by atoms with E-state index in [-0.39, 0.29) is 0 Å². The first-order valence-electron chi connectivity index (χ1n) is 43.0. The molecule has 6 unspecified atom stereocenters. The summed E-state index contributed by atoms with van der Waals surface area (Å²) in [6, 6.07) is 1.39. The molecule has 2 saturated carbocycles. The second-order valence-corrected chi connectivity index (χ2v) is 43.6. The predicted octanol–water partition coefficient (Wildman–Crippen LogP) is 24.2. The Kier molecular flexibility index (Phi) is 47.1. The number of hydrogen-bond donors (Lipinski definition) is 5. The standard InChI is InChI=1S/2C10H20.3C9H19N.4C9H18O.C8H18N2/c2*1-10(2,3)9-7-5-4-6-8-9;1-9(2,3)8-4-6-10-7-5-8;1-9(2,3)8-5-4-6-10-7-8;1-9(2,3)8-6-4-5-7-10-8;1-9(2,3)8-4-6-10-7-5-8;1-9(2,3)8-5-4-6-10-7-8;2*1-9(2,3)8-6-4-5-7-10-8;1-8(2,3)7-6-9-4-5-10-7/h2*9H,4-8H2,1-3H3;3*8,10H,4-7H2,1-3H3;4*8H,4-7H2,1-3H3;7,9-10H,4-6H2,1-3H3. The fourth-order valence-corrected chi connectivity index (χ4v) is 15.9. The Labute approximate surface area is 629 Å². The van der Waals surface area contributed by atoms with E-state index in [4.69, 9.17) is 18.9 Å². The monoisotopic (exact) mass is 1410 g/mol. The lowest BCUT2D eigenvalue weighted by molar-refractivity contribution is -0.0474. The molecule has 8 saturated heterocycles. The first kappa shape index (κ1) is 97.7. The molecule has 2 aliphatic carbocycles. The van der Waals surface area contributed by atoms with Gasteiger partial charge in [0, 0.05) is 71.4 Å². The van der Waals surface area contributed by atoms with Crippen molar-refractivity contribution >= 4 is 0 Å². The van der Waals surface area contributed by atoms with Crippen LogP contribution in [0.25, 0.3) is 0 Å². The molecule has 10 rings (SSSR count). The molecule has 0 spiro atoms. The van der Waals surface area contributed by atoms with Gasteiger partial charge in [0.05, 0.1) is 12.2 Å². The highest BCUT2D eigenvalue weighted by molar-refractivity contribution is 4.87. The number of nitrogens with one attached hydrogen (secondary N) is 5. The van der Waals surface area contributed by atoms with Crippen LogP contribution in [-0.2, 0) is 18.9 Å². The summed E-state index contributed by atoms with van der Waals surface area (Å²) in [5.74, 6) is 5.49. The van der Waals surface area contributed by atoms with Gasteiger partial charge in [-0.15, -0.1) is 0 Å². The lowest BCUT2D eigenvalue weighted by Crippen LogP contribution is -2.54. The van der Waals surface area contributed by atoms with Gasteiger partial charge < -0.3 is 45.5 Å². The van der Waals surface area contributed by atoms with Crippen LogP contribution in [0.2, 0.25) is 0 Å². The third kappa shape index (κ3) is 46.8. The molecule has 0 radical (unpaired) electrons. The molecule has 0 amide bonds. The summed E-state index contributed by atoms with van der Waals surface area (Å²) < 4.78 is 22.0. The van der Waals surface area contributed by atoms with Gasteiger partial charge in [-0.3, -0.25) is 0 Å². The number of ether oxygens (including phenoxy) is 4. The lowest BCUT2D eigenvalue weighted by atomic mass is 9.72. The molecule has 100 heavy (non-hydrogen) atoms. The summed E-state index contributed by atoms with van der Waals surface area (Å²) in [5.41, 5.74) is 4.66. The van der Waals surface area contributed by atoms with Gasteiger partial charge in [0.15, 0.2) is 0 Å². The Morgan fingerprint density at radius 2 is 0.580 bits per heavy atom. The van der Waals surface area contributed by atoms with Crippen LogP contribution in [0.5, 0.6) is 0 Å². The van der Waals surface area contributed by atoms with E-state index in [0.717, 1.165) is 101 Å². The average molecular weight is 1420 g/mol. The minimum Gasteiger partial charge on any atom is -0.381 e. The highest BCUT2D eigenvalue weighted by Crippen LogP contribution is 2.40. The van der Waals surface area contributed by atoms with Crippen LogP contribution >= 0.6 is 0 Å². The Morgan fingerprint density at radius 1 is 0.210 bits per heavy atom. The van der Waals surface area contributed by atoms with Crippen molar-refractivity contribution in [2.24, 2.45) is 89.7 Å². The van der Waals surface area contributed by atoms with Crippen LogP contribution in [0, 0.1) is 89.7 Å². The minimum absolute atomic E-state index is 0.348. The van der Waals surface area contributed by atoms with Gasteiger partial charge in [-0.05, 0) is 251 Å². The van der Waals surface area contributed by atoms with E-state index in [9.17, 15) is 0 Å². The van der Waals surface area contributed by atoms with E-state index in [1.165, 1.54) is 206 Å². The second kappa shape index (κ2) is 48.2. The Hall–Kier alpha value is -0.360. The molecule has 600 valence electrons. The van der Waals surface area contributed by atoms with Crippen molar-refractivity contribution in [2.45, 2.75) is 405 Å². The normalized spacial score (nSPS) is 26.3. The van der Waals surface area contributed by atoms with Crippen molar-refractivity contribution in [2.75, 3.05) is 92.0 Å². The second-order valence-electron chi connectivity index (χ2n) is 43.6. The number of hydrogen-bond acceptors (Lipinski definition) is 9. The van der Waals surface area contributed by atoms with Crippen LogP contribution in [0.4, 0.5) is 0 Å². The molecular formula is C91H187N5O4. The first-order valence-corrected chi connectivity index (χ1v) is 43.0. The molecule has 5 N–H and O–H groups in total. The summed E-state index contributed by atoms with van der Waals surface area (Å²) >= 11 is 0. The number of piperidine rings is 3. The van der Waals surface area contributed by atoms with Crippen LogP contribution in [0.1, 0.15) is 381 Å². The highest BCUT2D eigenvalue weighted by atomic mass is 16.5. The summed E-state index contributed by atoms with van der Waals surface area (Å²) in [6.07, 6.45) is 38.2. The van der Waals surface area contributed by atoms with E-state index in [2.05, 4.69) is 234 Å². The van der Waals surface area contributed by atoms with Crippen LogP contribution in [-0.4, -0.2) is 116 Å². The van der Waals surface area contributed by atoms with Crippen molar-refractivity contribution in [3.63, 3.8) is 0 Å². The van der Waals surface area contributed by atoms with Crippen molar-refractivity contribution < 1.29 is 18.9 Å². The third-order valence-electron chi connectivity index (χ3n) is 24.3. The zero-order chi connectivity index (χ0) is 76.1. The molecule has 10 fully saturated rings. The molecule has 0 bridgehead atoms. The predicted molar refractivity (Wildman–Crippen MR) is 443 cm³/mol. The smallest absolute Gasteiger partial charge is 0.0623 e. The molecule has 8 heterocycles. The van der Waals surface area contributed by atoms with E-state index >= 15 is 0 Å². The van der Waals surface area contributed by atoms with Crippen molar-refractivity contribution in [1.82, 2.24) is 26.6 Å². The van der Waals surface area contributed by atoms with E-state index < -0.39 is 0 Å². The van der Waals surface area contributed by atoms with Gasteiger partial charge in [0.1, 0.15) is 0 Å². The average Bonchev–Trinajstić information content (AvgIpc) is 1.11. The van der Waals surface area contributed by atoms with Crippen molar-refractivity contribution in [1.29, 1.82) is 0 Å². The minimum atomic E-state index is 0.348. The van der Waals surface area contributed by atoms with Crippen LogP contribution in [0.15, 0.2) is 0 Å².